The van der Waals surface area contributed by atoms with E-state index in [1.165, 1.54) is 0 Å². The Morgan fingerprint density at radius 2 is 1.76 bits per heavy atom. The lowest BCUT2D eigenvalue weighted by Crippen LogP contribution is -2.12. The molecule has 0 aliphatic heterocycles. The van der Waals surface area contributed by atoms with E-state index in [9.17, 15) is 4.79 Å². The highest BCUT2D eigenvalue weighted by Crippen LogP contribution is 2.26. The SMILES string of the molecule is O=C(Nc1cccc2ccccc12)c1ccc(Cl)cc1Br. The quantitative estimate of drug-likeness (QED) is 0.641. The van der Waals surface area contributed by atoms with Gasteiger partial charge in [-0.1, -0.05) is 48.0 Å². The molecule has 0 aromatic heterocycles. The Bertz CT molecular complexity index is 827. The van der Waals surface area contributed by atoms with Crippen molar-refractivity contribution in [2.75, 3.05) is 5.32 Å². The summed E-state index contributed by atoms with van der Waals surface area (Å²) in [6, 6.07) is 18.9. The molecule has 0 atom stereocenters. The van der Waals surface area contributed by atoms with Crippen molar-refractivity contribution in [3.8, 4) is 0 Å². The zero-order valence-electron chi connectivity index (χ0n) is 10.9. The van der Waals surface area contributed by atoms with E-state index in [0.717, 1.165) is 16.5 Å². The summed E-state index contributed by atoms with van der Waals surface area (Å²) in [4.78, 5) is 12.4. The Morgan fingerprint density at radius 1 is 1.00 bits per heavy atom. The summed E-state index contributed by atoms with van der Waals surface area (Å²) in [7, 11) is 0. The van der Waals surface area contributed by atoms with Crippen LogP contribution in [0, 0.1) is 0 Å². The Kier molecular flexibility index (Phi) is 3.95. The van der Waals surface area contributed by atoms with Gasteiger partial charge in [-0.25, -0.2) is 0 Å². The Balaban J connectivity index is 1.97. The standard InChI is InChI=1S/C17H11BrClNO/c18-15-10-12(19)8-9-14(15)17(21)20-16-7-3-5-11-4-1-2-6-13(11)16/h1-10H,(H,20,21). The highest BCUT2D eigenvalue weighted by atomic mass is 79.9. The highest BCUT2D eigenvalue weighted by Gasteiger charge is 2.11. The van der Waals surface area contributed by atoms with Crippen molar-refractivity contribution >= 4 is 49.9 Å². The average molecular weight is 361 g/mol. The fourth-order valence-corrected chi connectivity index (χ4v) is 3.06. The van der Waals surface area contributed by atoms with Crippen LogP contribution in [0.4, 0.5) is 5.69 Å². The second-order valence-electron chi connectivity index (χ2n) is 4.61. The summed E-state index contributed by atoms with van der Waals surface area (Å²) < 4.78 is 0.674. The molecule has 0 unspecified atom stereocenters. The Hall–Kier alpha value is -1.84. The first-order valence-electron chi connectivity index (χ1n) is 6.39. The first-order valence-corrected chi connectivity index (χ1v) is 7.56. The fraction of sp³-hybridized carbons (Fsp3) is 0. The zero-order chi connectivity index (χ0) is 14.8. The third-order valence-electron chi connectivity index (χ3n) is 3.21. The summed E-state index contributed by atoms with van der Waals surface area (Å²) in [5.41, 5.74) is 1.34. The highest BCUT2D eigenvalue weighted by molar-refractivity contribution is 9.10. The maximum Gasteiger partial charge on any atom is 0.256 e. The van der Waals surface area contributed by atoms with Crippen molar-refractivity contribution in [2.45, 2.75) is 0 Å². The van der Waals surface area contributed by atoms with E-state index in [4.69, 9.17) is 11.6 Å². The number of halogens is 2. The third-order valence-corrected chi connectivity index (χ3v) is 4.10. The number of carbonyl (C=O) groups is 1. The molecule has 104 valence electrons. The molecule has 21 heavy (non-hydrogen) atoms. The molecule has 0 saturated heterocycles. The van der Waals surface area contributed by atoms with E-state index >= 15 is 0 Å². The minimum Gasteiger partial charge on any atom is -0.321 e. The number of anilines is 1. The first-order chi connectivity index (χ1) is 10.1. The molecule has 1 N–H and O–H groups in total. The molecule has 0 bridgehead atoms. The van der Waals surface area contributed by atoms with E-state index in [2.05, 4.69) is 21.2 Å². The Labute approximate surface area is 135 Å². The van der Waals surface area contributed by atoms with Crippen molar-refractivity contribution in [1.29, 1.82) is 0 Å². The maximum absolute atomic E-state index is 12.4. The van der Waals surface area contributed by atoms with Crippen LogP contribution in [0.15, 0.2) is 65.1 Å². The average Bonchev–Trinajstić information content (AvgIpc) is 2.47. The smallest absolute Gasteiger partial charge is 0.256 e. The van der Waals surface area contributed by atoms with E-state index in [1.807, 2.05) is 42.5 Å². The third kappa shape index (κ3) is 2.94. The summed E-state index contributed by atoms with van der Waals surface area (Å²) >= 11 is 9.26. The molecule has 0 aliphatic carbocycles. The minimum atomic E-state index is -0.171. The van der Waals surface area contributed by atoms with Crippen molar-refractivity contribution in [3.05, 3.63) is 75.7 Å². The largest absolute Gasteiger partial charge is 0.321 e. The lowest BCUT2D eigenvalue weighted by atomic mass is 10.1. The van der Waals surface area contributed by atoms with Crippen LogP contribution >= 0.6 is 27.5 Å². The summed E-state index contributed by atoms with van der Waals surface area (Å²) in [5, 5.41) is 5.64. The van der Waals surface area contributed by atoms with Gasteiger partial charge in [-0.05, 0) is 45.6 Å². The van der Waals surface area contributed by atoms with Gasteiger partial charge in [-0.3, -0.25) is 4.79 Å². The van der Waals surface area contributed by atoms with Crippen LogP contribution in [-0.2, 0) is 0 Å². The molecule has 0 radical (unpaired) electrons. The molecule has 3 aromatic rings. The van der Waals surface area contributed by atoms with Gasteiger partial charge in [0.2, 0.25) is 0 Å². The van der Waals surface area contributed by atoms with Gasteiger partial charge in [0, 0.05) is 20.6 Å². The number of fused-ring (bicyclic) bond motifs is 1. The van der Waals surface area contributed by atoms with Gasteiger partial charge in [0.15, 0.2) is 0 Å². The van der Waals surface area contributed by atoms with Crippen molar-refractivity contribution in [2.24, 2.45) is 0 Å². The van der Waals surface area contributed by atoms with Crippen LogP contribution < -0.4 is 5.32 Å². The van der Waals surface area contributed by atoms with E-state index in [0.29, 0.717) is 15.1 Å². The number of amides is 1. The first kappa shape index (κ1) is 14.1. The molecule has 0 saturated carbocycles. The molecule has 2 nitrogen and oxygen atoms in total. The zero-order valence-corrected chi connectivity index (χ0v) is 13.3. The van der Waals surface area contributed by atoms with Crippen LogP contribution in [0.5, 0.6) is 0 Å². The number of nitrogens with one attached hydrogen (secondary N) is 1. The van der Waals surface area contributed by atoms with E-state index < -0.39 is 0 Å². The number of benzene rings is 3. The molecular formula is C17H11BrClNO. The van der Waals surface area contributed by atoms with Crippen molar-refractivity contribution in [1.82, 2.24) is 0 Å². The number of hydrogen-bond acceptors (Lipinski definition) is 1. The number of carbonyl (C=O) groups excluding carboxylic acids is 1. The predicted molar refractivity (Wildman–Crippen MR) is 91.1 cm³/mol. The summed E-state index contributed by atoms with van der Waals surface area (Å²) in [6.07, 6.45) is 0. The lowest BCUT2D eigenvalue weighted by Gasteiger charge is -2.10. The van der Waals surface area contributed by atoms with Crippen LogP contribution in [0.3, 0.4) is 0 Å². The molecule has 0 heterocycles. The topological polar surface area (TPSA) is 29.1 Å². The molecule has 4 heteroatoms. The van der Waals surface area contributed by atoms with Gasteiger partial charge in [0.05, 0.1) is 5.56 Å². The second-order valence-corrected chi connectivity index (χ2v) is 5.90. The molecule has 3 rings (SSSR count). The maximum atomic E-state index is 12.4. The molecule has 1 amide bonds. The normalized spacial score (nSPS) is 10.6. The van der Waals surface area contributed by atoms with Crippen LogP contribution in [-0.4, -0.2) is 5.91 Å². The van der Waals surface area contributed by atoms with Crippen molar-refractivity contribution < 1.29 is 4.79 Å². The van der Waals surface area contributed by atoms with Gasteiger partial charge in [0.25, 0.3) is 5.91 Å². The van der Waals surface area contributed by atoms with Crippen LogP contribution in [0.25, 0.3) is 10.8 Å². The summed E-state index contributed by atoms with van der Waals surface area (Å²) in [6.45, 7) is 0. The van der Waals surface area contributed by atoms with Crippen LogP contribution in [0.2, 0.25) is 5.02 Å². The van der Waals surface area contributed by atoms with Crippen LogP contribution in [0.1, 0.15) is 10.4 Å². The van der Waals surface area contributed by atoms with Gasteiger partial charge in [-0.2, -0.15) is 0 Å². The molecular weight excluding hydrogens is 350 g/mol. The van der Waals surface area contributed by atoms with Gasteiger partial charge >= 0.3 is 0 Å². The predicted octanol–water partition coefficient (Wildman–Crippen LogP) is 5.51. The molecule has 0 fully saturated rings. The number of rotatable bonds is 2. The second kappa shape index (κ2) is 5.88. The van der Waals surface area contributed by atoms with Gasteiger partial charge < -0.3 is 5.32 Å². The van der Waals surface area contributed by atoms with Crippen molar-refractivity contribution in [3.63, 3.8) is 0 Å². The van der Waals surface area contributed by atoms with E-state index in [1.54, 1.807) is 18.2 Å². The molecule has 0 spiro atoms. The lowest BCUT2D eigenvalue weighted by molar-refractivity contribution is 0.102. The monoisotopic (exact) mass is 359 g/mol. The Morgan fingerprint density at radius 3 is 2.57 bits per heavy atom. The minimum absolute atomic E-state index is 0.171. The van der Waals surface area contributed by atoms with E-state index in [-0.39, 0.29) is 5.91 Å². The number of hydrogen-bond donors (Lipinski definition) is 1. The fourth-order valence-electron chi connectivity index (χ4n) is 2.20. The molecule has 3 aromatic carbocycles. The van der Waals surface area contributed by atoms with Gasteiger partial charge in [0.1, 0.15) is 0 Å². The van der Waals surface area contributed by atoms with Gasteiger partial charge in [-0.15, -0.1) is 0 Å². The summed E-state index contributed by atoms with van der Waals surface area (Å²) in [5.74, 6) is -0.171. The molecule has 0 aliphatic rings.